The van der Waals surface area contributed by atoms with Crippen molar-refractivity contribution in [3.05, 3.63) is 71.9 Å². The second-order valence-corrected chi connectivity index (χ2v) is 6.63. The second kappa shape index (κ2) is 8.12. The first-order valence-electron chi connectivity index (χ1n) is 9.21. The molecular weight excluding hydrogens is 366 g/mol. The summed E-state index contributed by atoms with van der Waals surface area (Å²) in [6.07, 6.45) is 6.71. The number of nitrogens with one attached hydrogen (secondary N) is 2. The Kier molecular flexibility index (Phi) is 5.22. The van der Waals surface area contributed by atoms with Crippen LogP contribution < -0.4 is 10.1 Å². The summed E-state index contributed by atoms with van der Waals surface area (Å²) in [6.45, 7) is 3.91. The van der Waals surface area contributed by atoms with Crippen LogP contribution in [-0.2, 0) is 0 Å². The van der Waals surface area contributed by atoms with Crippen LogP contribution in [0.4, 0.5) is 11.5 Å². The van der Waals surface area contributed by atoms with Gasteiger partial charge < -0.3 is 20.1 Å². The molecule has 0 unspecified atom stereocenters. The molecule has 0 saturated heterocycles. The molecule has 0 fully saturated rings. The third-order valence-corrected chi connectivity index (χ3v) is 4.39. The number of rotatable bonds is 6. The summed E-state index contributed by atoms with van der Waals surface area (Å²) in [7, 11) is 0. The molecule has 4 rings (SSSR count). The molecule has 29 heavy (non-hydrogen) atoms. The van der Waals surface area contributed by atoms with Gasteiger partial charge in [-0.1, -0.05) is 6.08 Å². The fourth-order valence-electron chi connectivity index (χ4n) is 2.94. The lowest BCUT2D eigenvalue weighted by molar-refractivity contribution is 0.343. The van der Waals surface area contributed by atoms with Gasteiger partial charge in [-0.2, -0.15) is 0 Å². The number of hydrogen-bond acceptors (Lipinski definition) is 6. The molecule has 1 aromatic carbocycles. The van der Waals surface area contributed by atoms with Gasteiger partial charge in [-0.15, -0.1) is 0 Å². The smallest absolute Gasteiger partial charge is 0.158 e. The highest BCUT2D eigenvalue weighted by molar-refractivity contribution is 5.89. The molecule has 146 valence electrons. The maximum Gasteiger partial charge on any atom is 0.158 e. The van der Waals surface area contributed by atoms with E-state index in [1.165, 1.54) is 6.33 Å². The number of anilines is 2. The predicted octanol–water partition coefficient (Wildman–Crippen LogP) is 4.51. The summed E-state index contributed by atoms with van der Waals surface area (Å²) in [5.74, 6) is 2.14. The molecular formula is C22H21N5O2. The largest absolute Gasteiger partial charge is 0.455 e. The van der Waals surface area contributed by atoms with E-state index in [4.69, 9.17) is 9.84 Å². The van der Waals surface area contributed by atoms with Gasteiger partial charge in [0.2, 0.25) is 0 Å². The average Bonchev–Trinajstić information content (AvgIpc) is 3.14. The normalized spacial score (nSPS) is 11.3. The van der Waals surface area contributed by atoms with Gasteiger partial charge in [0.15, 0.2) is 5.82 Å². The molecule has 0 aliphatic rings. The quantitative estimate of drug-likeness (QED) is 0.450. The van der Waals surface area contributed by atoms with Gasteiger partial charge in [-0.25, -0.2) is 9.97 Å². The van der Waals surface area contributed by atoms with Crippen LogP contribution in [-0.4, -0.2) is 31.6 Å². The standard InChI is InChI=1S/C22H21N5O2/c1-14-10-17(6-8-20(14)29-18-7-5-15(2)23-12-18)27-22-21-19(24-13-25-22)11-16(26-21)4-3-9-28/h3-8,10-13,26,28H,9H2,1-2H3,(H,24,25,27). The van der Waals surface area contributed by atoms with Crippen molar-refractivity contribution < 1.29 is 9.84 Å². The van der Waals surface area contributed by atoms with Gasteiger partial charge in [0, 0.05) is 17.1 Å². The number of aliphatic hydroxyl groups excluding tert-OH is 1. The Morgan fingerprint density at radius 3 is 2.76 bits per heavy atom. The van der Waals surface area contributed by atoms with Crippen molar-refractivity contribution in [3.63, 3.8) is 0 Å². The number of aliphatic hydroxyl groups is 1. The molecule has 3 N–H and O–H groups in total. The van der Waals surface area contributed by atoms with Crippen molar-refractivity contribution in [1.29, 1.82) is 0 Å². The highest BCUT2D eigenvalue weighted by Crippen LogP contribution is 2.29. The monoisotopic (exact) mass is 387 g/mol. The number of ether oxygens (including phenoxy) is 1. The number of H-pyrrole nitrogens is 1. The zero-order chi connectivity index (χ0) is 20.2. The summed E-state index contributed by atoms with van der Waals surface area (Å²) >= 11 is 0. The van der Waals surface area contributed by atoms with Crippen LogP contribution in [0.2, 0.25) is 0 Å². The van der Waals surface area contributed by atoms with E-state index in [0.29, 0.717) is 11.6 Å². The SMILES string of the molecule is Cc1ccc(Oc2ccc(Nc3ncnc4cc(C=CCO)[nH]c34)cc2C)cn1. The molecule has 7 heteroatoms. The Hall–Kier alpha value is -3.71. The van der Waals surface area contributed by atoms with Crippen LogP contribution in [0.25, 0.3) is 17.1 Å². The van der Waals surface area contributed by atoms with Crippen LogP contribution in [0.3, 0.4) is 0 Å². The summed E-state index contributed by atoms with van der Waals surface area (Å²) in [5.41, 5.74) is 5.27. The van der Waals surface area contributed by atoms with E-state index < -0.39 is 0 Å². The first kappa shape index (κ1) is 18.6. The zero-order valence-corrected chi connectivity index (χ0v) is 16.2. The number of aromatic nitrogens is 4. The molecule has 0 aliphatic heterocycles. The molecule has 0 atom stereocenters. The fourth-order valence-corrected chi connectivity index (χ4v) is 2.94. The molecule has 0 radical (unpaired) electrons. The summed E-state index contributed by atoms with van der Waals surface area (Å²) < 4.78 is 5.93. The lowest BCUT2D eigenvalue weighted by atomic mass is 10.2. The Labute approximate surface area is 168 Å². The van der Waals surface area contributed by atoms with E-state index in [1.54, 1.807) is 12.3 Å². The van der Waals surface area contributed by atoms with E-state index >= 15 is 0 Å². The molecule has 0 spiro atoms. The molecule has 3 heterocycles. The van der Waals surface area contributed by atoms with Crippen LogP contribution in [0.15, 0.2) is 55.0 Å². The minimum atomic E-state index is -0.0154. The predicted molar refractivity (Wildman–Crippen MR) is 114 cm³/mol. The lowest BCUT2D eigenvalue weighted by Gasteiger charge is -2.12. The number of pyridine rings is 1. The zero-order valence-electron chi connectivity index (χ0n) is 16.2. The van der Waals surface area contributed by atoms with E-state index in [9.17, 15) is 0 Å². The third-order valence-electron chi connectivity index (χ3n) is 4.39. The van der Waals surface area contributed by atoms with Gasteiger partial charge in [0.25, 0.3) is 0 Å². The number of hydrogen-bond donors (Lipinski definition) is 3. The number of fused-ring (bicyclic) bond motifs is 1. The topological polar surface area (TPSA) is 96.0 Å². The van der Waals surface area contributed by atoms with Crippen LogP contribution in [0.1, 0.15) is 17.0 Å². The van der Waals surface area contributed by atoms with Crippen LogP contribution in [0, 0.1) is 13.8 Å². The lowest BCUT2D eigenvalue weighted by Crippen LogP contribution is -1.97. The fraction of sp³-hybridized carbons (Fsp3) is 0.136. The van der Waals surface area contributed by atoms with E-state index in [2.05, 4.69) is 25.3 Å². The average molecular weight is 387 g/mol. The van der Waals surface area contributed by atoms with Gasteiger partial charge in [-0.3, -0.25) is 4.98 Å². The maximum absolute atomic E-state index is 8.95. The van der Waals surface area contributed by atoms with Gasteiger partial charge >= 0.3 is 0 Å². The third kappa shape index (κ3) is 4.25. The van der Waals surface area contributed by atoms with Gasteiger partial charge in [0.1, 0.15) is 23.3 Å². The van der Waals surface area contributed by atoms with Crippen molar-refractivity contribution in [1.82, 2.24) is 19.9 Å². The van der Waals surface area contributed by atoms with Crippen molar-refractivity contribution >= 4 is 28.6 Å². The molecule has 0 aliphatic carbocycles. The first-order chi connectivity index (χ1) is 14.1. The summed E-state index contributed by atoms with van der Waals surface area (Å²) in [4.78, 5) is 16.2. The number of nitrogens with zero attached hydrogens (tertiary/aromatic N) is 3. The molecule has 0 bridgehead atoms. The number of aryl methyl sites for hydroxylation is 2. The van der Waals surface area contributed by atoms with Gasteiger partial charge in [-0.05, 0) is 61.9 Å². The van der Waals surface area contributed by atoms with Crippen molar-refractivity contribution in [2.45, 2.75) is 13.8 Å². The van der Waals surface area contributed by atoms with Crippen LogP contribution in [0.5, 0.6) is 11.5 Å². The minimum Gasteiger partial charge on any atom is -0.455 e. The highest BCUT2D eigenvalue weighted by atomic mass is 16.5. The molecule has 3 aromatic heterocycles. The number of aromatic amines is 1. The van der Waals surface area contributed by atoms with Crippen LogP contribution >= 0.6 is 0 Å². The summed E-state index contributed by atoms with van der Waals surface area (Å²) in [5, 5.41) is 12.3. The molecule has 0 saturated carbocycles. The van der Waals surface area contributed by atoms with E-state index in [0.717, 1.165) is 39.4 Å². The van der Waals surface area contributed by atoms with E-state index in [-0.39, 0.29) is 6.61 Å². The molecule has 7 nitrogen and oxygen atoms in total. The second-order valence-electron chi connectivity index (χ2n) is 6.63. The van der Waals surface area contributed by atoms with Crippen molar-refractivity contribution in [3.8, 4) is 11.5 Å². The Balaban J connectivity index is 1.56. The maximum atomic E-state index is 8.95. The molecule has 4 aromatic rings. The number of benzene rings is 1. The highest BCUT2D eigenvalue weighted by Gasteiger charge is 2.09. The molecule has 0 amide bonds. The van der Waals surface area contributed by atoms with Gasteiger partial charge in [0.05, 0.1) is 18.3 Å². The van der Waals surface area contributed by atoms with E-state index in [1.807, 2.05) is 56.3 Å². The Morgan fingerprint density at radius 2 is 2.00 bits per heavy atom. The Morgan fingerprint density at radius 1 is 1.10 bits per heavy atom. The van der Waals surface area contributed by atoms with Crippen molar-refractivity contribution in [2.75, 3.05) is 11.9 Å². The van der Waals surface area contributed by atoms with Crippen molar-refractivity contribution in [2.24, 2.45) is 0 Å². The minimum absolute atomic E-state index is 0.0154. The Bertz CT molecular complexity index is 1170. The first-order valence-corrected chi connectivity index (χ1v) is 9.21. The summed E-state index contributed by atoms with van der Waals surface area (Å²) in [6, 6.07) is 11.6.